The molecule has 0 amide bonds. The van der Waals surface area contributed by atoms with Crippen molar-refractivity contribution in [3.8, 4) is 11.3 Å². The number of nitrogens with zero attached hydrogens (tertiary/aromatic N) is 4. The lowest BCUT2D eigenvalue weighted by atomic mass is 9.83. The van der Waals surface area contributed by atoms with Crippen molar-refractivity contribution in [2.75, 3.05) is 26.2 Å². The van der Waals surface area contributed by atoms with E-state index in [-0.39, 0.29) is 5.54 Å². The van der Waals surface area contributed by atoms with Gasteiger partial charge in [-0.15, -0.1) is 0 Å². The summed E-state index contributed by atoms with van der Waals surface area (Å²) in [6.45, 7) is 8.65. The molecule has 1 saturated heterocycles. The molecule has 230 valence electrons. The lowest BCUT2D eigenvalue weighted by Crippen LogP contribution is -2.57. The van der Waals surface area contributed by atoms with Gasteiger partial charge in [0.2, 0.25) is 0 Å². The van der Waals surface area contributed by atoms with Crippen LogP contribution in [0.25, 0.3) is 11.3 Å². The maximum Gasteiger partial charge on any atom is 0.490 e. The third-order valence-corrected chi connectivity index (χ3v) is 7.08. The molecule has 0 aliphatic carbocycles. The van der Waals surface area contributed by atoms with Crippen molar-refractivity contribution in [3.05, 3.63) is 66.5 Å². The Morgan fingerprint density at radius 2 is 1.50 bits per heavy atom. The van der Waals surface area contributed by atoms with Crippen molar-refractivity contribution in [3.63, 3.8) is 0 Å². The van der Waals surface area contributed by atoms with Gasteiger partial charge < -0.3 is 19.2 Å². The van der Waals surface area contributed by atoms with Gasteiger partial charge in [0.15, 0.2) is 0 Å². The van der Waals surface area contributed by atoms with Crippen LogP contribution >= 0.6 is 0 Å². The van der Waals surface area contributed by atoms with Crippen molar-refractivity contribution >= 4 is 11.9 Å². The first-order valence-electron chi connectivity index (χ1n) is 12.9. The molecule has 1 spiro atoms. The van der Waals surface area contributed by atoms with Crippen molar-refractivity contribution in [1.29, 1.82) is 0 Å². The van der Waals surface area contributed by atoms with Crippen LogP contribution in [0.1, 0.15) is 31.2 Å². The van der Waals surface area contributed by atoms with Crippen LogP contribution in [0, 0.1) is 0 Å². The zero-order valence-corrected chi connectivity index (χ0v) is 22.5. The third-order valence-electron chi connectivity index (χ3n) is 7.08. The Balaban J connectivity index is 0.000000289. The molecule has 2 aliphatic rings. The number of piperidine rings is 1. The fourth-order valence-corrected chi connectivity index (χ4v) is 5.11. The van der Waals surface area contributed by atoms with Gasteiger partial charge in [0, 0.05) is 38.3 Å². The number of rotatable bonds is 4. The molecular weight excluding hydrogens is 574 g/mol. The summed E-state index contributed by atoms with van der Waals surface area (Å²) >= 11 is 0. The van der Waals surface area contributed by atoms with E-state index >= 15 is 0 Å². The Hall–Kier alpha value is -3.85. The summed E-state index contributed by atoms with van der Waals surface area (Å²) < 4.78 is 71.2. The van der Waals surface area contributed by atoms with Crippen molar-refractivity contribution < 1.29 is 50.6 Å². The Morgan fingerprint density at radius 3 is 1.98 bits per heavy atom. The van der Waals surface area contributed by atoms with Gasteiger partial charge in [-0.2, -0.15) is 26.3 Å². The number of halogens is 6. The van der Waals surface area contributed by atoms with Gasteiger partial charge in [-0.3, -0.25) is 9.80 Å². The highest BCUT2D eigenvalue weighted by atomic mass is 19.4. The lowest BCUT2D eigenvalue weighted by molar-refractivity contribution is -0.193. The topological polar surface area (TPSA) is 112 Å². The van der Waals surface area contributed by atoms with Crippen LogP contribution in [0.15, 0.2) is 59.5 Å². The lowest BCUT2D eigenvalue weighted by Gasteiger charge is -2.50. The van der Waals surface area contributed by atoms with E-state index in [2.05, 4.69) is 63.9 Å². The van der Waals surface area contributed by atoms with E-state index in [0.717, 1.165) is 52.1 Å². The molecule has 2 N–H and O–H groups in total. The van der Waals surface area contributed by atoms with Crippen LogP contribution in [-0.4, -0.2) is 80.0 Å². The molecule has 9 nitrogen and oxygen atoms in total. The Morgan fingerprint density at radius 1 is 0.929 bits per heavy atom. The Kier molecular flexibility index (Phi) is 10.4. The zero-order chi connectivity index (χ0) is 31.1. The monoisotopic (exact) mass is 604 g/mol. The summed E-state index contributed by atoms with van der Waals surface area (Å²) in [5.74, 6) is -4.25. The van der Waals surface area contributed by atoms with Crippen LogP contribution in [-0.2, 0) is 28.2 Å². The van der Waals surface area contributed by atoms with E-state index in [4.69, 9.17) is 29.2 Å². The van der Waals surface area contributed by atoms with Gasteiger partial charge >= 0.3 is 24.3 Å². The van der Waals surface area contributed by atoms with E-state index in [1.54, 1.807) is 6.26 Å². The highest BCUT2D eigenvalue weighted by Crippen LogP contribution is 2.42. The SMILES string of the molecule is CCN1CCn2c(-c3ccccc3)cnc2C12CCN(Cc1ccoc1)CC2.O=C(O)C(F)(F)F.O=C(O)C(F)(F)F. The molecule has 1 fully saturated rings. The second kappa shape index (κ2) is 13.4. The summed E-state index contributed by atoms with van der Waals surface area (Å²) in [5.41, 5.74) is 3.84. The molecule has 15 heteroatoms. The first kappa shape index (κ1) is 32.7. The summed E-state index contributed by atoms with van der Waals surface area (Å²) in [6.07, 6.45) is -2.19. The highest BCUT2D eigenvalue weighted by Gasteiger charge is 2.46. The summed E-state index contributed by atoms with van der Waals surface area (Å²) in [7, 11) is 0. The number of carbonyl (C=O) groups is 2. The molecule has 0 unspecified atom stereocenters. The maximum absolute atomic E-state index is 10.6. The van der Waals surface area contributed by atoms with Crippen molar-refractivity contribution in [2.45, 2.75) is 50.7 Å². The van der Waals surface area contributed by atoms with Gasteiger partial charge in [-0.05, 0) is 31.0 Å². The molecule has 2 aliphatic heterocycles. The van der Waals surface area contributed by atoms with Gasteiger partial charge in [-0.1, -0.05) is 37.3 Å². The van der Waals surface area contributed by atoms with Crippen LogP contribution in [0.5, 0.6) is 0 Å². The third kappa shape index (κ3) is 7.91. The number of hydrogen-bond donors (Lipinski definition) is 2. The van der Waals surface area contributed by atoms with Crippen LogP contribution in [0.3, 0.4) is 0 Å². The first-order valence-corrected chi connectivity index (χ1v) is 12.9. The number of furan rings is 1. The number of carboxylic acids is 2. The minimum absolute atomic E-state index is 0.0624. The molecule has 4 heterocycles. The number of aliphatic carboxylic acids is 2. The van der Waals surface area contributed by atoms with E-state index in [9.17, 15) is 26.3 Å². The molecule has 3 aromatic rings. The second-order valence-electron chi connectivity index (χ2n) is 9.61. The van der Waals surface area contributed by atoms with Gasteiger partial charge in [-0.25, -0.2) is 14.6 Å². The first-order chi connectivity index (χ1) is 19.7. The predicted octanol–water partition coefficient (Wildman–Crippen LogP) is 5.24. The van der Waals surface area contributed by atoms with Gasteiger partial charge in [0.25, 0.3) is 0 Å². The van der Waals surface area contributed by atoms with Gasteiger partial charge in [0.05, 0.1) is 30.0 Å². The maximum atomic E-state index is 10.6. The average molecular weight is 605 g/mol. The fourth-order valence-electron chi connectivity index (χ4n) is 5.11. The van der Waals surface area contributed by atoms with Crippen molar-refractivity contribution in [1.82, 2.24) is 19.4 Å². The summed E-state index contributed by atoms with van der Waals surface area (Å²) in [6, 6.07) is 12.8. The fraction of sp³-hybridized carbons (Fsp3) is 0.444. The smallest absolute Gasteiger partial charge is 0.475 e. The zero-order valence-electron chi connectivity index (χ0n) is 22.5. The number of likely N-dealkylation sites (tertiary alicyclic amines) is 1. The van der Waals surface area contributed by atoms with Crippen molar-refractivity contribution in [2.24, 2.45) is 0 Å². The van der Waals surface area contributed by atoms with E-state index in [0.29, 0.717) is 0 Å². The number of fused-ring (bicyclic) bond motifs is 2. The number of aromatic nitrogens is 2. The van der Waals surface area contributed by atoms with E-state index < -0.39 is 24.3 Å². The molecule has 0 atom stereocenters. The summed E-state index contributed by atoms with van der Waals surface area (Å²) in [4.78, 5) is 28.0. The number of benzene rings is 1. The van der Waals surface area contributed by atoms with Crippen LogP contribution < -0.4 is 0 Å². The molecule has 2 aromatic heterocycles. The van der Waals surface area contributed by atoms with Crippen LogP contribution in [0.4, 0.5) is 26.3 Å². The quantitative estimate of drug-likeness (QED) is 0.389. The van der Waals surface area contributed by atoms with Crippen LogP contribution in [0.2, 0.25) is 0 Å². The number of likely N-dealkylation sites (N-methyl/N-ethyl adjacent to an activating group) is 1. The molecule has 5 rings (SSSR count). The normalized spacial score (nSPS) is 16.9. The standard InChI is InChI=1S/C23H28N4O.2C2HF3O2/c1-2-26-13-14-27-21(20-6-4-3-5-7-20)16-24-22(27)23(26)9-11-25(12-10-23)17-19-8-15-28-18-19;2*3-2(4,5)1(6)7/h3-8,15-16,18H,2,9-14,17H2,1H3;2*(H,6,7). The predicted molar refractivity (Wildman–Crippen MR) is 137 cm³/mol. The van der Waals surface area contributed by atoms with E-state index in [1.165, 1.54) is 22.6 Å². The molecule has 0 bridgehead atoms. The summed E-state index contributed by atoms with van der Waals surface area (Å²) in [5, 5.41) is 14.2. The molecular formula is C27H30F6N4O5. The Labute approximate surface area is 237 Å². The van der Waals surface area contributed by atoms with E-state index in [1.807, 2.05) is 6.26 Å². The molecule has 0 radical (unpaired) electrons. The molecule has 1 aromatic carbocycles. The molecule has 42 heavy (non-hydrogen) atoms. The number of carboxylic acid groups (broad SMARTS) is 2. The largest absolute Gasteiger partial charge is 0.490 e. The second-order valence-corrected chi connectivity index (χ2v) is 9.61. The molecule has 0 saturated carbocycles. The minimum Gasteiger partial charge on any atom is -0.475 e. The highest BCUT2D eigenvalue weighted by molar-refractivity contribution is 5.73. The number of imidazole rings is 1. The van der Waals surface area contributed by atoms with Gasteiger partial charge in [0.1, 0.15) is 5.82 Å². The number of hydrogen-bond acceptors (Lipinski definition) is 6. The number of alkyl halides is 6. The minimum atomic E-state index is -5.08. The average Bonchev–Trinajstić information content (AvgIpc) is 3.61. The Bertz CT molecular complexity index is 1280.